The minimum atomic E-state index is 0.585. The molecule has 0 saturated carbocycles. The third-order valence-electron chi connectivity index (χ3n) is 3.46. The van der Waals surface area contributed by atoms with Gasteiger partial charge in [-0.15, -0.1) is 0 Å². The summed E-state index contributed by atoms with van der Waals surface area (Å²) in [4.78, 5) is 6.35. The molecule has 0 unspecified atom stereocenters. The van der Waals surface area contributed by atoms with Crippen LogP contribution in [0.15, 0.2) is 42.7 Å². The molecule has 0 amide bonds. The number of morpholine rings is 1. The molecule has 1 fully saturated rings. The first-order chi connectivity index (χ1) is 10.4. The molecule has 0 bridgehead atoms. The number of anilines is 3. The van der Waals surface area contributed by atoms with E-state index in [-0.39, 0.29) is 0 Å². The van der Waals surface area contributed by atoms with E-state index in [0.717, 1.165) is 37.7 Å². The number of benzene rings is 1. The molecule has 0 aliphatic carbocycles. The minimum Gasteiger partial charge on any atom is -0.378 e. The van der Waals surface area contributed by atoms with Gasteiger partial charge < -0.3 is 15.0 Å². The van der Waals surface area contributed by atoms with Gasteiger partial charge >= 0.3 is 0 Å². The zero-order valence-corrected chi connectivity index (χ0v) is 11.6. The van der Waals surface area contributed by atoms with Crippen LogP contribution in [0.5, 0.6) is 0 Å². The van der Waals surface area contributed by atoms with Gasteiger partial charge in [0.05, 0.1) is 30.7 Å². The fourth-order valence-corrected chi connectivity index (χ4v) is 2.32. The maximum Gasteiger partial charge on any atom is 0.101 e. The number of ether oxygens (including phenoxy) is 1. The quantitative estimate of drug-likeness (QED) is 0.936. The molecule has 106 valence electrons. The third kappa shape index (κ3) is 3.12. The van der Waals surface area contributed by atoms with Crippen molar-refractivity contribution in [1.82, 2.24) is 4.98 Å². The van der Waals surface area contributed by atoms with E-state index >= 15 is 0 Å². The highest BCUT2D eigenvalue weighted by Gasteiger charge is 2.10. The first kappa shape index (κ1) is 13.4. The lowest BCUT2D eigenvalue weighted by atomic mass is 10.2. The molecule has 0 spiro atoms. The Labute approximate surface area is 123 Å². The fraction of sp³-hybridized carbons (Fsp3) is 0.250. The highest BCUT2D eigenvalue weighted by atomic mass is 16.5. The molecule has 3 rings (SSSR count). The molecular weight excluding hydrogens is 264 g/mol. The molecule has 0 radical (unpaired) electrons. The molecule has 1 aromatic carbocycles. The Morgan fingerprint density at radius 2 is 1.90 bits per heavy atom. The predicted octanol–water partition coefficient (Wildman–Crippen LogP) is 2.53. The maximum atomic E-state index is 9.07. The summed E-state index contributed by atoms with van der Waals surface area (Å²) in [6, 6.07) is 12.0. The van der Waals surface area contributed by atoms with Crippen molar-refractivity contribution in [1.29, 1.82) is 5.26 Å². The number of nitriles is 1. The van der Waals surface area contributed by atoms with E-state index in [4.69, 9.17) is 10.00 Å². The van der Waals surface area contributed by atoms with E-state index in [1.807, 2.05) is 12.1 Å². The van der Waals surface area contributed by atoms with Crippen LogP contribution in [-0.2, 0) is 4.74 Å². The van der Waals surface area contributed by atoms with Gasteiger partial charge in [0.1, 0.15) is 6.07 Å². The minimum absolute atomic E-state index is 0.585. The molecule has 1 aliphatic rings. The molecule has 1 aliphatic heterocycles. The summed E-state index contributed by atoms with van der Waals surface area (Å²) in [5.74, 6) is 0. The maximum absolute atomic E-state index is 9.07. The number of pyridine rings is 1. The van der Waals surface area contributed by atoms with Crippen LogP contribution in [0, 0.1) is 11.3 Å². The van der Waals surface area contributed by atoms with Gasteiger partial charge in [0.2, 0.25) is 0 Å². The SMILES string of the molecule is N#Cc1ccncc1Nc1ccc(N2CCOCC2)cc1. The fourth-order valence-electron chi connectivity index (χ4n) is 2.32. The smallest absolute Gasteiger partial charge is 0.101 e. The standard InChI is InChI=1S/C16H16N4O/c17-11-13-5-6-18-12-16(13)19-14-1-3-15(4-2-14)20-7-9-21-10-8-20/h1-6,12,19H,7-10H2. The van der Waals surface area contributed by atoms with E-state index in [1.54, 1.807) is 18.5 Å². The first-order valence-corrected chi connectivity index (χ1v) is 6.91. The number of nitrogens with one attached hydrogen (secondary N) is 1. The van der Waals surface area contributed by atoms with Gasteiger partial charge in [-0.2, -0.15) is 5.26 Å². The Morgan fingerprint density at radius 3 is 2.62 bits per heavy atom. The Kier molecular flexibility index (Phi) is 3.99. The van der Waals surface area contributed by atoms with Gasteiger partial charge in [-0.1, -0.05) is 0 Å². The van der Waals surface area contributed by atoms with Gasteiger partial charge in [0, 0.05) is 30.7 Å². The molecule has 5 heteroatoms. The van der Waals surface area contributed by atoms with E-state index in [2.05, 4.69) is 33.4 Å². The normalized spacial score (nSPS) is 14.5. The molecule has 21 heavy (non-hydrogen) atoms. The molecule has 0 atom stereocenters. The average Bonchev–Trinajstić information content (AvgIpc) is 2.57. The molecule has 2 aromatic rings. The first-order valence-electron chi connectivity index (χ1n) is 6.91. The van der Waals surface area contributed by atoms with Crippen LogP contribution in [0.3, 0.4) is 0 Å². The van der Waals surface area contributed by atoms with Crippen LogP contribution in [0.2, 0.25) is 0 Å². The van der Waals surface area contributed by atoms with Crippen LogP contribution >= 0.6 is 0 Å². The number of hydrogen-bond acceptors (Lipinski definition) is 5. The van der Waals surface area contributed by atoms with Crippen molar-refractivity contribution in [2.75, 3.05) is 36.5 Å². The highest BCUT2D eigenvalue weighted by molar-refractivity contribution is 5.67. The topological polar surface area (TPSA) is 61.2 Å². The summed E-state index contributed by atoms with van der Waals surface area (Å²) in [5, 5.41) is 12.3. The van der Waals surface area contributed by atoms with Crippen LogP contribution in [0.4, 0.5) is 17.1 Å². The Bertz CT molecular complexity index is 642. The van der Waals surface area contributed by atoms with Crippen molar-refractivity contribution in [2.45, 2.75) is 0 Å². The summed E-state index contributed by atoms with van der Waals surface area (Å²) >= 11 is 0. The average molecular weight is 280 g/mol. The molecule has 5 nitrogen and oxygen atoms in total. The van der Waals surface area contributed by atoms with Crippen molar-refractivity contribution in [3.8, 4) is 6.07 Å². The Morgan fingerprint density at radius 1 is 1.14 bits per heavy atom. The lowest BCUT2D eigenvalue weighted by Crippen LogP contribution is -2.36. The third-order valence-corrected chi connectivity index (χ3v) is 3.46. The van der Waals surface area contributed by atoms with E-state index in [9.17, 15) is 0 Å². The molecule has 2 heterocycles. The van der Waals surface area contributed by atoms with Crippen LogP contribution in [0.25, 0.3) is 0 Å². The molecule has 1 aromatic heterocycles. The van der Waals surface area contributed by atoms with Crippen molar-refractivity contribution < 1.29 is 4.74 Å². The van der Waals surface area contributed by atoms with Crippen LogP contribution in [-0.4, -0.2) is 31.3 Å². The van der Waals surface area contributed by atoms with Gasteiger partial charge in [0.15, 0.2) is 0 Å². The summed E-state index contributed by atoms with van der Waals surface area (Å²) in [6.07, 6.45) is 3.28. The summed E-state index contributed by atoms with van der Waals surface area (Å²) in [7, 11) is 0. The molecule has 1 N–H and O–H groups in total. The van der Waals surface area contributed by atoms with Crippen molar-refractivity contribution in [3.05, 3.63) is 48.3 Å². The van der Waals surface area contributed by atoms with Crippen LogP contribution < -0.4 is 10.2 Å². The van der Waals surface area contributed by atoms with Gasteiger partial charge in [-0.05, 0) is 30.3 Å². The number of nitrogens with zero attached hydrogens (tertiary/aromatic N) is 3. The lowest BCUT2D eigenvalue weighted by Gasteiger charge is -2.28. The second-order valence-corrected chi connectivity index (χ2v) is 4.80. The number of aromatic nitrogens is 1. The largest absolute Gasteiger partial charge is 0.378 e. The van der Waals surface area contributed by atoms with Gasteiger partial charge in [-0.25, -0.2) is 0 Å². The number of rotatable bonds is 3. The van der Waals surface area contributed by atoms with Crippen LogP contribution in [0.1, 0.15) is 5.56 Å². The zero-order chi connectivity index (χ0) is 14.5. The second-order valence-electron chi connectivity index (χ2n) is 4.80. The second kappa shape index (κ2) is 6.25. The molecular formula is C16H16N4O. The van der Waals surface area contributed by atoms with E-state index in [0.29, 0.717) is 5.56 Å². The summed E-state index contributed by atoms with van der Waals surface area (Å²) in [5.41, 5.74) is 3.44. The van der Waals surface area contributed by atoms with Crippen molar-refractivity contribution in [2.24, 2.45) is 0 Å². The van der Waals surface area contributed by atoms with Crippen molar-refractivity contribution >= 4 is 17.1 Å². The van der Waals surface area contributed by atoms with Crippen molar-refractivity contribution in [3.63, 3.8) is 0 Å². The summed E-state index contributed by atoms with van der Waals surface area (Å²) in [6.45, 7) is 3.41. The monoisotopic (exact) mass is 280 g/mol. The number of hydrogen-bond donors (Lipinski definition) is 1. The Balaban J connectivity index is 1.74. The Hall–Kier alpha value is -2.58. The summed E-state index contributed by atoms with van der Waals surface area (Å²) < 4.78 is 5.36. The molecule has 1 saturated heterocycles. The predicted molar refractivity (Wildman–Crippen MR) is 81.7 cm³/mol. The van der Waals surface area contributed by atoms with Gasteiger partial charge in [-0.3, -0.25) is 4.98 Å². The lowest BCUT2D eigenvalue weighted by molar-refractivity contribution is 0.122. The zero-order valence-electron chi connectivity index (χ0n) is 11.6. The van der Waals surface area contributed by atoms with Gasteiger partial charge in [0.25, 0.3) is 0 Å². The highest BCUT2D eigenvalue weighted by Crippen LogP contribution is 2.23. The van der Waals surface area contributed by atoms with E-state index < -0.39 is 0 Å². The van der Waals surface area contributed by atoms with E-state index in [1.165, 1.54) is 5.69 Å².